The average molecular weight is 298 g/mol. The van der Waals surface area contributed by atoms with E-state index in [0.717, 1.165) is 30.2 Å². The fourth-order valence-corrected chi connectivity index (χ4v) is 2.65. The highest BCUT2D eigenvalue weighted by Crippen LogP contribution is 2.17. The van der Waals surface area contributed by atoms with Crippen molar-refractivity contribution in [2.75, 3.05) is 12.8 Å². The van der Waals surface area contributed by atoms with E-state index in [-0.39, 0.29) is 0 Å². The minimum Gasteiger partial charge on any atom is -0.361 e. The molecule has 2 N–H and O–H groups in total. The fraction of sp³-hybridized carbons (Fsp3) is 0.250. The molecule has 3 rings (SSSR count). The Kier molecular flexibility index (Phi) is 4.52. The summed E-state index contributed by atoms with van der Waals surface area (Å²) in [6.45, 7) is 1.74. The van der Waals surface area contributed by atoms with Crippen LogP contribution in [0.1, 0.15) is 11.1 Å². The third-order valence-electron chi connectivity index (χ3n) is 3.44. The van der Waals surface area contributed by atoms with Gasteiger partial charge in [0.05, 0.1) is 0 Å². The standard InChI is InChI=1S/C16H18N4S/c1-21-16-19-9-12(10-20-16)8-17-7-6-13-11-18-15-5-3-2-4-14(13)15/h2-5,9-11,17-18H,6-8H2,1H3. The number of para-hydroxylation sites is 1. The second-order valence-electron chi connectivity index (χ2n) is 4.86. The molecule has 0 spiro atoms. The van der Waals surface area contributed by atoms with Crippen molar-refractivity contribution >= 4 is 22.7 Å². The molecule has 0 atom stereocenters. The Morgan fingerprint density at radius 1 is 1.19 bits per heavy atom. The number of hydrogen-bond acceptors (Lipinski definition) is 4. The monoisotopic (exact) mass is 298 g/mol. The van der Waals surface area contributed by atoms with Gasteiger partial charge in [-0.25, -0.2) is 9.97 Å². The Morgan fingerprint density at radius 3 is 2.81 bits per heavy atom. The van der Waals surface area contributed by atoms with Gasteiger partial charge in [0.25, 0.3) is 0 Å². The van der Waals surface area contributed by atoms with Gasteiger partial charge in [0.1, 0.15) is 0 Å². The molecule has 108 valence electrons. The summed E-state index contributed by atoms with van der Waals surface area (Å²) in [4.78, 5) is 11.9. The molecule has 0 aliphatic carbocycles. The van der Waals surface area contributed by atoms with Crippen LogP contribution in [0.2, 0.25) is 0 Å². The minimum atomic E-state index is 0.803. The van der Waals surface area contributed by atoms with Crippen molar-refractivity contribution in [3.8, 4) is 0 Å². The quantitative estimate of drug-likeness (QED) is 0.417. The number of aromatic nitrogens is 3. The first-order valence-electron chi connectivity index (χ1n) is 6.97. The SMILES string of the molecule is CSc1ncc(CNCCc2c[nH]c3ccccc23)cn1. The Balaban J connectivity index is 1.51. The van der Waals surface area contributed by atoms with E-state index < -0.39 is 0 Å². The topological polar surface area (TPSA) is 53.6 Å². The zero-order valence-electron chi connectivity index (χ0n) is 12.0. The first-order chi connectivity index (χ1) is 10.4. The lowest BCUT2D eigenvalue weighted by Gasteiger charge is -2.04. The van der Waals surface area contributed by atoms with Crippen LogP contribution in [0.25, 0.3) is 10.9 Å². The molecule has 0 unspecified atom stereocenters. The van der Waals surface area contributed by atoms with Gasteiger partial charge in [-0.05, 0) is 30.9 Å². The highest BCUT2D eigenvalue weighted by Gasteiger charge is 2.02. The summed E-state index contributed by atoms with van der Waals surface area (Å²) < 4.78 is 0. The lowest BCUT2D eigenvalue weighted by molar-refractivity contribution is 0.681. The van der Waals surface area contributed by atoms with Crippen LogP contribution in [0.5, 0.6) is 0 Å². The van der Waals surface area contributed by atoms with Gasteiger partial charge in [0.2, 0.25) is 0 Å². The molecule has 0 radical (unpaired) electrons. The average Bonchev–Trinajstić information content (AvgIpc) is 2.95. The molecule has 0 fully saturated rings. The molecular formula is C16H18N4S. The number of thioether (sulfide) groups is 1. The van der Waals surface area contributed by atoms with E-state index in [9.17, 15) is 0 Å². The number of nitrogens with zero attached hydrogens (tertiary/aromatic N) is 2. The lowest BCUT2D eigenvalue weighted by atomic mass is 10.1. The third kappa shape index (κ3) is 3.43. The highest BCUT2D eigenvalue weighted by atomic mass is 32.2. The summed E-state index contributed by atoms with van der Waals surface area (Å²) in [5.74, 6) is 0. The second kappa shape index (κ2) is 6.74. The van der Waals surface area contributed by atoms with Crippen molar-refractivity contribution in [1.82, 2.24) is 20.3 Å². The fourth-order valence-electron chi connectivity index (χ4n) is 2.33. The van der Waals surface area contributed by atoms with Crippen molar-refractivity contribution < 1.29 is 0 Å². The van der Waals surface area contributed by atoms with E-state index in [2.05, 4.69) is 50.7 Å². The molecule has 0 saturated heterocycles. The minimum absolute atomic E-state index is 0.803. The van der Waals surface area contributed by atoms with E-state index in [4.69, 9.17) is 0 Å². The Labute approximate surface area is 128 Å². The Bertz CT molecular complexity index is 706. The van der Waals surface area contributed by atoms with Gasteiger partial charge < -0.3 is 10.3 Å². The molecule has 21 heavy (non-hydrogen) atoms. The predicted molar refractivity (Wildman–Crippen MR) is 87.5 cm³/mol. The maximum atomic E-state index is 4.27. The molecule has 2 aromatic heterocycles. The van der Waals surface area contributed by atoms with Crippen molar-refractivity contribution in [3.63, 3.8) is 0 Å². The summed E-state index contributed by atoms with van der Waals surface area (Å²) in [7, 11) is 0. The highest BCUT2D eigenvalue weighted by molar-refractivity contribution is 7.98. The Morgan fingerprint density at radius 2 is 2.00 bits per heavy atom. The van der Waals surface area contributed by atoms with Crippen LogP contribution < -0.4 is 5.32 Å². The van der Waals surface area contributed by atoms with Crippen molar-refractivity contribution in [2.24, 2.45) is 0 Å². The van der Waals surface area contributed by atoms with Crippen LogP contribution in [0.15, 0.2) is 48.0 Å². The molecule has 0 amide bonds. The van der Waals surface area contributed by atoms with Crippen LogP contribution in [0, 0.1) is 0 Å². The molecule has 0 saturated carbocycles. The third-order valence-corrected chi connectivity index (χ3v) is 4.02. The summed E-state index contributed by atoms with van der Waals surface area (Å²) in [6.07, 6.45) is 8.86. The number of H-pyrrole nitrogens is 1. The van der Waals surface area contributed by atoms with Crippen molar-refractivity contribution in [1.29, 1.82) is 0 Å². The molecular weight excluding hydrogens is 280 g/mol. The first kappa shape index (κ1) is 14.1. The summed E-state index contributed by atoms with van der Waals surface area (Å²) in [6, 6.07) is 8.41. The summed E-state index contributed by atoms with van der Waals surface area (Å²) in [5, 5.41) is 5.57. The molecule has 1 aromatic carbocycles. The van der Waals surface area contributed by atoms with E-state index in [0.29, 0.717) is 0 Å². The van der Waals surface area contributed by atoms with Crippen LogP contribution in [0.4, 0.5) is 0 Å². The molecule has 3 aromatic rings. The van der Waals surface area contributed by atoms with E-state index in [1.807, 2.05) is 18.6 Å². The van der Waals surface area contributed by atoms with Gasteiger partial charge in [0, 0.05) is 41.6 Å². The number of fused-ring (bicyclic) bond motifs is 1. The number of aromatic amines is 1. The molecule has 0 aliphatic heterocycles. The Hall–Kier alpha value is -1.85. The van der Waals surface area contributed by atoms with Gasteiger partial charge in [-0.3, -0.25) is 0 Å². The number of rotatable bonds is 6. The van der Waals surface area contributed by atoms with E-state index >= 15 is 0 Å². The maximum absolute atomic E-state index is 4.27. The smallest absolute Gasteiger partial charge is 0.187 e. The summed E-state index contributed by atoms with van der Waals surface area (Å²) >= 11 is 1.56. The van der Waals surface area contributed by atoms with Crippen LogP contribution >= 0.6 is 11.8 Å². The zero-order valence-corrected chi connectivity index (χ0v) is 12.8. The van der Waals surface area contributed by atoms with Crippen LogP contribution in [0.3, 0.4) is 0 Å². The van der Waals surface area contributed by atoms with Gasteiger partial charge in [-0.15, -0.1) is 0 Å². The van der Waals surface area contributed by atoms with Gasteiger partial charge in [-0.1, -0.05) is 30.0 Å². The second-order valence-corrected chi connectivity index (χ2v) is 5.64. The van der Waals surface area contributed by atoms with Crippen LogP contribution in [-0.2, 0) is 13.0 Å². The molecule has 4 nitrogen and oxygen atoms in total. The lowest BCUT2D eigenvalue weighted by Crippen LogP contribution is -2.16. The number of hydrogen-bond donors (Lipinski definition) is 2. The summed E-state index contributed by atoms with van der Waals surface area (Å²) in [5.41, 5.74) is 3.67. The largest absolute Gasteiger partial charge is 0.361 e. The van der Waals surface area contributed by atoms with E-state index in [1.54, 1.807) is 11.8 Å². The predicted octanol–water partition coefficient (Wildman–Crippen LogP) is 3.01. The number of nitrogens with one attached hydrogen (secondary N) is 2. The molecule has 0 bridgehead atoms. The molecule has 2 heterocycles. The van der Waals surface area contributed by atoms with Gasteiger partial charge >= 0.3 is 0 Å². The molecule has 5 heteroatoms. The number of benzene rings is 1. The van der Waals surface area contributed by atoms with Crippen molar-refractivity contribution in [3.05, 3.63) is 54.0 Å². The zero-order chi connectivity index (χ0) is 14.5. The van der Waals surface area contributed by atoms with Crippen molar-refractivity contribution in [2.45, 2.75) is 18.1 Å². The maximum Gasteiger partial charge on any atom is 0.187 e. The van der Waals surface area contributed by atoms with E-state index in [1.165, 1.54) is 16.5 Å². The van der Waals surface area contributed by atoms with Gasteiger partial charge in [-0.2, -0.15) is 0 Å². The normalized spacial score (nSPS) is 11.1. The first-order valence-corrected chi connectivity index (χ1v) is 8.20. The van der Waals surface area contributed by atoms with Crippen LogP contribution in [-0.4, -0.2) is 27.8 Å². The molecule has 0 aliphatic rings. The van der Waals surface area contributed by atoms with Gasteiger partial charge in [0.15, 0.2) is 5.16 Å².